The molecule has 2 atom stereocenters. The molecule has 5 heteroatoms. The quantitative estimate of drug-likeness (QED) is 0.644. The van der Waals surface area contributed by atoms with Crippen molar-refractivity contribution in [2.45, 2.75) is 69.9 Å². The molecule has 0 radical (unpaired) electrons. The van der Waals surface area contributed by atoms with E-state index >= 15 is 0 Å². The van der Waals surface area contributed by atoms with Crippen molar-refractivity contribution in [1.29, 1.82) is 0 Å². The molecular weight excluding hydrogens is 434 g/mol. The molecule has 1 aliphatic heterocycles. The van der Waals surface area contributed by atoms with Crippen LogP contribution in [0, 0.1) is 5.92 Å². The van der Waals surface area contributed by atoms with Crippen molar-refractivity contribution in [3.8, 4) is 0 Å². The van der Waals surface area contributed by atoms with Gasteiger partial charge in [0.05, 0.1) is 12.1 Å². The van der Waals surface area contributed by atoms with Gasteiger partial charge >= 0.3 is 0 Å². The molecular formula is C30H39N3O2. The van der Waals surface area contributed by atoms with E-state index in [1.165, 1.54) is 29.5 Å². The van der Waals surface area contributed by atoms with Crippen LogP contribution < -0.4 is 5.32 Å². The second-order valence-corrected chi connectivity index (χ2v) is 10.5. The standard InChI is InChI=1S/C30H39N3O2/c34-28(18-17-23-9-2-1-3-10-23)32-19-21-33(22-20-32)29(25-12-4-5-13-25)30(35)31-27-16-8-14-24-11-6-7-15-26(24)27/h1-3,6-7,9-11,15,25,27,29H,4-5,8,12-14,16-22H2,(H,31,35)/t27-,29-/m0/s1. The lowest BCUT2D eigenvalue weighted by Gasteiger charge is -2.41. The molecule has 1 saturated carbocycles. The second-order valence-electron chi connectivity index (χ2n) is 10.5. The third kappa shape index (κ3) is 5.78. The SMILES string of the molecule is O=C(N[C@H]1CCCc2ccccc21)[C@H](C1CCCC1)N1CCN(C(=O)CCc2ccccc2)CC1. The number of rotatable bonds is 7. The summed E-state index contributed by atoms with van der Waals surface area (Å²) >= 11 is 0. The lowest BCUT2D eigenvalue weighted by Crippen LogP contribution is -2.58. The van der Waals surface area contributed by atoms with E-state index in [4.69, 9.17) is 0 Å². The zero-order chi connectivity index (χ0) is 24.0. The van der Waals surface area contributed by atoms with Gasteiger partial charge in [0.2, 0.25) is 11.8 Å². The van der Waals surface area contributed by atoms with E-state index in [1.807, 2.05) is 23.1 Å². The van der Waals surface area contributed by atoms with Crippen LogP contribution in [0.5, 0.6) is 0 Å². The number of nitrogens with one attached hydrogen (secondary N) is 1. The van der Waals surface area contributed by atoms with Gasteiger partial charge < -0.3 is 10.2 Å². The molecule has 1 N–H and O–H groups in total. The van der Waals surface area contributed by atoms with Crippen molar-refractivity contribution in [2.75, 3.05) is 26.2 Å². The van der Waals surface area contributed by atoms with Crippen molar-refractivity contribution in [2.24, 2.45) is 5.92 Å². The Balaban J connectivity index is 1.20. The molecule has 0 bridgehead atoms. The van der Waals surface area contributed by atoms with Gasteiger partial charge in [0.15, 0.2) is 0 Å². The van der Waals surface area contributed by atoms with Crippen molar-refractivity contribution >= 4 is 11.8 Å². The molecule has 2 fully saturated rings. The number of carbonyl (C=O) groups is 2. The van der Waals surface area contributed by atoms with E-state index in [1.54, 1.807) is 0 Å². The van der Waals surface area contributed by atoms with Gasteiger partial charge in [0.1, 0.15) is 0 Å². The Kier molecular flexibility index (Phi) is 7.82. The normalized spacial score (nSPS) is 21.9. The minimum Gasteiger partial charge on any atom is -0.348 e. The number of benzene rings is 2. The van der Waals surface area contributed by atoms with Crippen LogP contribution in [0.25, 0.3) is 0 Å². The minimum absolute atomic E-state index is 0.0758. The van der Waals surface area contributed by atoms with Gasteiger partial charge in [-0.15, -0.1) is 0 Å². The molecule has 0 aromatic heterocycles. The molecule has 2 aromatic carbocycles. The topological polar surface area (TPSA) is 52.7 Å². The van der Waals surface area contributed by atoms with Crippen LogP contribution in [-0.4, -0.2) is 53.8 Å². The molecule has 1 saturated heterocycles. The smallest absolute Gasteiger partial charge is 0.238 e. The molecule has 5 rings (SSSR count). The third-order valence-corrected chi connectivity index (χ3v) is 8.33. The van der Waals surface area contributed by atoms with E-state index in [-0.39, 0.29) is 23.9 Å². The first-order valence-electron chi connectivity index (χ1n) is 13.6. The highest BCUT2D eigenvalue weighted by Gasteiger charge is 2.38. The first-order valence-corrected chi connectivity index (χ1v) is 13.6. The zero-order valence-corrected chi connectivity index (χ0v) is 20.8. The Morgan fingerprint density at radius 1 is 0.857 bits per heavy atom. The number of piperazine rings is 1. The maximum atomic E-state index is 13.7. The van der Waals surface area contributed by atoms with Crippen LogP contribution in [0.2, 0.25) is 0 Å². The monoisotopic (exact) mass is 473 g/mol. The number of nitrogens with zero attached hydrogens (tertiary/aromatic N) is 2. The summed E-state index contributed by atoms with van der Waals surface area (Å²) in [5.74, 6) is 0.853. The first-order chi connectivity index (χ1) is 17.2. The van der Waals surface area contributed by atoms with Crippen LogP contribution in [-0.2, 0) is 22.4 Å². The summed E-state index contributed by atoms with van der Waals surface area (Å²) in [5.41, 5.74) is 3.89. The summed E-state index contributed by atoms with van der Waals surface area (Å²) in [6, 6.07) is 18.9. The molecule has 0 unspecified atom stereocenters. The molecule has 5 nitrogen and oxygen atoms in total. The van der Waals surface area contributed by atoms with Gasteiger partial charge in [-0.3, -0.25) is 14.5 Å². The summed E-state index contributed by atoms with van der Waals surface area (Å²) in [6.45, 7) is 3.01. The zero-order valence-electron chi connectivity index (χ0n) is 20.8. The van der Waals surface area contributed by atoms with Gasteiger partial charge in [-0.05, 0) is 61.1 Å². The maximum Gasteiger partial charge on any atom is 0.238 e. The van der Waals surface area contributed by atoms with Gasteiger partial charge in [-0.2, -0.15) is 0 Å². The van der Waals surface area contributed by atoms with Crippen LogP contribution in [0.1, 0.15) is 67.7 Å². The Morgan fingerprint density at radius 2 is 1.57 bits per heavy atom. The van der Waals surface area contributed by atoms with Crippen molar-refractivity contribution in [3.63, 3.8) is 0 Å². The average Bonchev–Trinajstić information content (AvgIpc) is 3.43. The molecule has 2 aromatic rings. The number of amides is 2. The summed E-state index contributed by atoms with van der Waals surface area (Å²) < 4.78 is 0. The fourth-order valence-corrected chi connectivity index (χ4v) is 6.42. The Morgan fingerprint density at radius 3 is 2.34 bits per heavy atom. The van der Waals surface area contributed by atoms with Gasteiger partial charge in [0, 0.05) is 32.6 Å². The average molecular weight is 474 g/mol. The van der Waals surface area contributed by atoms with Crippen LogP contribution in [0.3, 0.4) is 0 Å². The number of hydrogen-bond donors (Lipinski definition) is 1. The van der Waals surface area contributed by atoms with Crippen molar-refractivity contribution in [3.05, 3.63) is 71.3 Å². The Labute approximate surface area is 209 Å². The highest BCUT2D eigenvalue weighted by atomic mass is 16.2. The fourth-order valence-electron chi connectivity index (χ4n) is 6.42. The summed E-state index contributed by atoms with van der Waals surface area (Å²) in [4.78, 5) is 31.0. The van der Waals surface area contributed by atoms with E-state index in [9.17, 15) is 9.59 Å². The largest absolute Gasteiger partial charge is 0.348 e. The van der Waals surface area contributed by atoms with E-state index < -0.39 is 0 Å². The van der Waals surface area contributed by atoms with Crippen molar-refractivity contribution < 1.29 is 9.59 Å². The van der Waals surface area contributed by atoms with E-state index in [2.05, 4.69) is 46.6 Å². The highest BCUT2D eigenvalue weighted by Crippen LogP contribution is 2.33. The summed E-state index contributed by atoms with van der Waals surface area (Å²) in [5, 5.41) is 3.46. The second kappa shape index (κ2) is 11.4. The lowest BCUT2D eigenvalue weighted by molar-refractivity contribution is -0.135. The molecule has 0 spiro atoms. The van der Waals surface area contributed by atoms with Crippen LogP contribution in [0.4, 0.5) is 0 Å². The third-order valence-electron chi connectivity index (χ3n) is 8.33. The molecule has 3 aliphatic rings. The van der Waals surface area contributed by atoms with E-state index in [0.29, 0.717) is 12.3 Å². The highest BCUT2D eigenvalue weighted by molar-refractivity contribution is 5.83. The predicted molar refractivity (Wildman–Crippen MR) is 139 cm³/mol. The number of fused-ring (bicyclic) bond motifs is 1. The minimum atomic E-state index is -0.0758. The summed E-state index contributed by atoms with van der Waals surface area (Å²) in [7, 11) is 0. The molecule has 2 amide bonds. The van der Waals surface area contributed by atoms with Gasteiger partial charge in [-0.25, -0.2) is 0 Å². The molecule has 35 heavy (non-hydrogen) atoms. The number of aryl methyl sites for hydroxylation is 2. The van der Waals surface area contributed by atoms with Crippen molar-refractivity contribution in [1.82, 2.24) is 15.1 Å². The molecule has 1 heterocycles. The maximum absolute atomic E-state index is 13.7. The number of hydrogen-bond acceptors (Lipinski definition) is 3. The van der Waals surface area contributed by atoms with Crippen LogP contribution in [0.15, 0.2) is 54.6 Å². The molecule has 2 aliphatic carbocycles. The Bertz CT molecular complexity index is 994. The predicted octanol–water partition coefficient (Wildman–Crippen LogP) is 4.52. The van der Waals surface area contributed by atoms with E-state index in [0.717, 1.165) is 64.7 Å². The Hall–Kier alpha value is -2.66. The molecule has 186 valence electrons. The van der Waals surface area contributed by atoms with Gasteiger partial charge in [-0.1, -0.05) is 67.4 Å². The fraction of sp³-hybridized carbons (Fsp3) is 0.533. The lowest BCUT2D eigenvalue weighted by atomic mass is 9.87. The summed E-state index contributed by atoms with van der Waals surface area (Å²) in [6.07, 6.45) is 9.30. The number of carbonyl (C=O) groups excluding carboxylic acids is 2. The van der Waals surface area contributed by atoms with Crippen LogP contribution >= 0.6 is 0 Å². The van der Waals surface area contributed by atoms with Gasteiger partial charge in [0.25, 0.3) is 0 Å². The first kappa shape index (κ1) is 24.1.